The number of hydrogen-bond donors (Lipinski definition) is 2. The monoisotopic (exact) mass is 201 g/mol. The maximum absolute atomic E-state index is 11.2. The van der Waals surface area contributed by atoms with E-state index >= 15 is 0 Å². The molecule has 0 aliphatic heterocycles. The van der Waals surface area contributed by atoms with Crippen molar-refractivity contribution in [3.63, 3.8) is 0 Å². The van der Waals surface area contributed by atoms with Crippen LogP contribution < -0.4 is 5.73 Å². The van der Waals surface area contributed by atoms with Crippen molar-refractivity contribution in [1.29, 1.82) is 0 Å². The predicted molar refractivity (Wildman–Crippen MR) is 49.7 cm³/mol. The van der Waals surface area contributed by atoms with E-state index in [2.05, 4.69) is 4.74 Å². The molecule has 0 aliphatic rings. The van der Waals surface area contributed by atoms with E-state index in [1.54, 1.807) is 11.4 Å². The Morgan fingerprint density at radius 3 is 3.08 bits per heavy atom. The molecule has 1 atom stereocenters. The molecule has 0 aromatic carbocycles. The van der Waals surface area contributed by atoms with E-state index in [1.165, 1.54) is 18.4 Å². The maximum atomic E-state index is 11.2. The van der Waals surface area contributed by atoms with Gasteiger partial charge in [0.15, 0.2) is 0 Å². The van der Waals surface area contributed by atoms with Gasteiger partial charge in [0.05, 0.1) is 19.8 Å². The third-order valence-corrected chi connectivity index (χ3v) is 2.57. The van der Waals surface area contributed by atoms with Crippen LogP contribution in [0.15, 0.2) is 11.4 Å². The van der Waals surface area contributed by atoms with Gasteiger partial charge < -0.3 is 15.6 Å². The summed E-state index contributed by atoms with van der Waals surface area (Å²) >= 11 is 1.26. The van der Waals surface area contributed by atoms with Crippen LogP contribution in [0.2, 0.25) is 0 Å². The van der Waals surface area contributed by atoms with Gasteiger partial charge in [-0.3, -0.25) is 0 Å². The summed E-state index contributed by atoms with van der Waals surface area (Å²) in [6.07, 6.45) is 0. The second-order valence-electron chi connectivity index (χ2n) is 2.49. The molecule has 0 radical (unpaired) electrons. The molecular formula is C8H11NO3S. The summed E-state index contributed by atoms with van der Waals surface area (Å²) in [6.45, 7) is -0.180. The van der Waals surface area contributed by atoms with Crippen LogP contribution >= 0.6 is 11.3 Å². The van der Waals surface area contributed by atoms with E-state index in [-0.39, 0.29) is 6.61 Å². The van der Waals surface area contributed by atoms with Gasteiger partial charge in [0.25, 0.3) is 0 Å². The van der Waals surface area contributed by atoms with Gasteiger partial charge in [0.1, 0.15) is 4.88 Å². The number of carbonyl (C=O) groups excluding carboxylic acids is 1. The summed E-state index contributed by atoms with van der Waals surface area (Å²) in [7, 11) is 1.32. The van der Waals surface area contributed by atoms with Crippen LogP contribution in [-0.4, -0.2) is 24.8 Å². The summed E-state index contributed by atoms with van der Waals surface area (Å²) in [5, 5.41) is 10.6. The molecule has 1 aromatic rings. The van der Waals surface area contributed by atoms with Crippen molar-refractivity contribution in [2.24, 2.45) is 5.73 Å². The Labute approximate surface area is 79.9 Å². The van der Waals surface area contributed by atoms with Gasteiger partial charge in [-0.1, -0.05) is 0 Å². The van der Waals surface area contributed by atoms with Crippen LogP contribution in [0.4, 0.5) is 0 Å². The molecule has 1 rings (SSSR count). The molecule has 0 saturated carbocycles. The fraction of sp³-hybridized carbons (Fsp3) is 0.375. The van der Waals surface area contributed by atoms with Gasteiger partial charge in [-0.15, -0.1) is 11.3 Å². The first-order valence-electron chi connectivity index (χ1n) is 3.72. The highest BCUT2D eigenvalue weighted by Crippen LogP contribution is 2.22. The maximum Gasteiger partial charge on any atom is 0.348 e. The van der Waals surface area contributed by atoms with Crippen molar-refractivity contribution in [3.05, 3.63) is 21.9 Å². The summed E-state index contributed by atoms with van der Waals surface area (Å²) in [6, 6.07) is 1.21. The first-order valence-corrected chi connectivity index (χ1v) is 4.60. The molecular weight excluding hydrogens is 190 g/mol. The predicted octanol–water partition coefficient (Wildman–Crippen LogP) is 0.527. The fourth-order valence-corrected chi connectivity index (χ4v) is 1.85. The zero-order valence-electron chi connectivity index (χ0n) is 7.19. The lowest BCUT2D eigenvalue weighted by molar-refractivity contribution is 0.0604. The average molecular weight is 201 g/mol. The van der Waals surface area contributed by atoms with Crippen molar-refractivity contribution >= 4 is 17.3 Å². The smallest absolute Gasteiger partial charge is 0.348 e. The topological polar surface area (TPSA) is 72.5 Å². The molecule has 0 saturated heterocycles. The lowest BCUT2D eigenvalue weighted by atomic mass is 10.1. The van der Waals surface area contributed by atoms with E-state index < -0.39 is 12.0 Å². The number of methoxy groups -OCH3 is 1. The van der Waals surface area contributed by atoms with Crippen molar-refractivity contribution in [2.75, 3.05) is 13.7 Å². The van der Waals surface area contributed by atoms with Crippen molar-refractivity contribution < 1.29 is 14.6 Å². The van der Waals surface area contributed by atoms with Gasteiger partial charge in [0.2, 0.25) is 0 Å². The zero-order chi connectivity index (χ0) is 9.84. The number of esters is 1. The molecule has 0 amide bonds. The second kappa shape index (κ2) is 4.36. The standard InChI is InChI=1S/C8H11NO3S/c1-12-8(11)7-5(2-3-13-7)6(9)4-10/h2-3,6,10H,4,9H2,1H3. The van der Waals surface area contributed by atoms with E-state index in [1.807, 2.05) is 0 Å². The molecule has 72 valence electrons. The van der Waals surface area contributed by atoms with E-state index in [0.717, 1.165) is 0 Å². The molecule has 0 aliphatic carbocycles. The Morgan fingerprint density at radius 1 is 1.85 bits per heavy atom. The highest BCUT2D eigenvalue weighted by molar-refractivity contribution is 7.12. The Balaban J connectivity index is 2.95. The summed E-state index contributed by atoms with van der Waals surface area (Å²) in [5.74, 6) is -0.408. The lowest BCUT2D eigenvalue weighted by Gasteiger charge is -2.07. The first kappa shape index (κ1) is 10.2. The molecule has 0 spiro atoms. The van der Waals surface area contributed by atoms with E-state index in [9.17, 15) is 4.79 Å². The van der Waals surface area contributed by atoms with Crippen LogP contribution in [-0.2, 0) is 4.74 Å². The minimum Gasteiger partial charge on any atom is -0.465 e. The number of carbonyl (C=O) groups is 1. The summed E-state index contributed by atoms with van der Waals surface area (Å²) in [4.78, 5) is 11.6. The van der Waals surface area contributed by atoms with Gasteiger partial charge in [0, 0.05) is 0 Å². The van der Waals surface area contributed by atoms with Crippen LogP contribution in [0.1, 0.15) is 21.3 Å². The van der Waals surface area contributed by atoms with Gasteiger partial charge in [-0.25, -0.2) is 4.79 Å². The van der Waals surface area contributed by atoms with Crippen LogP contribution in [0.5, 0.6) is 0 Å². The molecule has 0 bridgehead atoms. The molecule has 0 fully saturated rings. The third kappa shape index (κ3) is 2.06. The van der Waals surface area contributed by atoms with E-state index in [4.69, 9.17) is 10.8 Å². The number of aliphatic hydroxyl groups is 1. The number of thiophene rings is 1. The first-order chi connectivity index (χ1) is 6.20. The van der Waals surface area contributed by atoms with Crippen molar-refractivity contribution in [1.82, 2.24) is 0 Å². The normalized spacial score (nSPS) is 12.5. The quantitative estimate of drug-likeness (QED) is 0.699. The van der Waals surface area contributed by atoms with Crippen LogP contribution in [0, 0.1) is 0 Å². The SMILES string of the molecule is COC(=O)c1sccc1C(N)CO. The Morgan fingerprint density at radius 2 is 2.54 bits per heavy atom. The largest absolute Gasteiger partial charge is 0.465 e. The van der Waals surface area contributed by atoms with Crippen molar-refractivity contribution in [2.45, 2.75) is 6.04 Å². The van der Waals surface area contributed by atoms with E-state index in [0.29, 0.717) is 10.4 Å². The minimum atomic E-state index is -0.514. The number of nitrogens with two attached hydrogens (primary N) is 1. The Hall–Kier alpha value is -0.910. The second-order valence-corrected chi connectivity index (χ2v) is 3.40. The number of aliphatic hydroxyl groups excluding tert-OH is 1. The third-order valence-electron chi connectivity index (χ3n) is 1.66. The summed E-state index contributed by atoms with van der Waals surface area (Å²) in [5.41, 5.74) is 6.22. The van der Waals surface area contributed by atoms with Gasteiger partial charge >= 0.3 is 5.97 Å². The number of rotatable bonds is 3. The molecule has 1 heterocycles. The molecule has 13 heavy (non-hydrogen) atoms. The molecule has 1 aromatic heterocycles. The highest BCUT2D eigenvalue weighted by Gasteiger charge is 2.17. The fourth-order valence-electron chi connectivity index (χ4n) is 0.968. The zero-order valence-corrected chi connectivity index (χ0v) is 8.00. The molecule has 4 nitrogen and oxygen atoms in total. The lowest BCUT2D eigenvalue weighted by Crippen LogP contribution is -2.16. The van der Waals surface area contributed by atoms with Crippen LogP contribution in [0.25, 0.3) is 0 Å². The summed E-state index contributed by atoms with van der Waals surface area (Å²) < 4.78 is 4.56. The molecule has 5 heteroatoms. The molecule has 3 N–H and O–H groups in total. The Bertz CT molecular complexity index is 297. The average Bonchev–Trinajstić information content (AvgIpc) is 2.63. The number of ether oxygens (including phenoxy) is 1. The minimum absolute atomic E-state index is 0.180. The van der Waals surface area contributed by atoms with Crippen molar-refractivity contribution in [3.8, 4) is 0 Å². The molecule has 1 unspecified atom stereocenters. The van der Waals surface area contributed by atoms with Gasteiger partial charge in [-0.05, 0) is 17.0 Å². The Kier molecular flexibility index (Phi) is 3.41. The van der Waals surface area contributed by atoms with Crippen LogP contribution in [0.3, 0.4) is 0 Å². The highest BCUT2D eigenvalue weighted by atomic mass is 32.1. The number of hydrogen-bond acceptors (Lipinski definition) is 5. The van der Waals surface area contributed by atoms with Gasteiger partial charge in [-0.2, -0.15) is 0 Å².